The molecule has 2 aromatic rings. The molecule has 3 aliphatic rings. The highest BCUT2D eigenvalue weighted by Crippen LogP contribution is 2.38. The number of thiophene rings is 1. The second-order valence-corrected chi connectivity index (χ2v) is 9.68. The fourth-order valence-corrected chi connectivity index (χ4v) is 6.11. The van der Waals surface area contributed by atoms with E-state index in [1.165, 1.54) is 6.33 Å². The van der Waals surface area contributed by atoms with Crippen LogP contribution >= 0.6 is 11.3 Å². The highest BCUT2D eigenvalue weighted by molar-refractivity contribution is 7.18. The third kappa shape index (κ3) is 3.87. The molecule has 0 radical (unpaired) electrons. The zero-order valence-electron chi connectivity index (χ0n) is 16.5. The summed E-state index contributed by atoms with van der Waals surface area (Å²) in [5.41, 5.74) is 0. The van der Waals surface area contributed by atoms with Crippen molar-refractivity contribution >= 4 is 33.3 Å². The van der Waals surface area contributed by atoms with Crippen LogP contribution in [0, 0.1) is 11.8 Å². The predicted molar refractivity (Wildman–Crippen MR) is 109 cm³/mol. The van der Waals surface area contributed by atoms with Crippen LogP contribution in [0.3, 0.4) is 0 Å². The molecule has 0 spiro atoms. The molecule has 3 atom stereocenters. The fraction of sp³-hybridized carbons (Fsp3) is 0.650. The number of anilines is 1. The monoisotopic (exact) mass is 439 g/mol. The van der Waals surface area contributed by atoms with Crippen LogP contribution in [0.25, 0.3) is 10.2 Å². The maximum atomic E-state index is 12.8. The molecular weight excluding hydrogens is 415 g/mol. The first kappa shape index (κ1) is 20.0. The maximum Gasteiger partial charge on any atom is 0.393 e. The van der Waals surface area contributed by atoms with Gasteiger partial charge in [-0.25, -0.2) is 9.97 Å². The van der Waals surface area contributed by atoms with E-state index in [9.17, 15) is 18.0 Å². The normalized spacial score (nSPS) is 27.1. The van der Waals surface area contributed by atoms with Crippen LogP contribution in [0.5, 0.6) is 0 Å². The Balaban J connectivity index is 1.32. The molecule has 3 fully saturated rings. The van der Waals surface area contributed by atoms with E-state index < -0.39 is 12.6 Å². The zero-order valence-corrected chi connectivity index (χ0v) is 17.3. The van der Waals surface area contributed by atoms with Crippen LogP contribution < -0.4 is 10.2 Å². The molecule has 1 unspecified atom stereocenters. The number of halogens is 3. The first-order chi connectivity index (χ1) is 14.4. The molecule has 0 aliphatic carbocycles. The number of alkyl halides is 3. The van der Waals surface area contributed by atoms with Crippen LogP contribution in [0.15, 0.2) is 12.4 Å². The lowest BCUT2D eigenvalue weighted by atomic mass is 9.88. The van der Waals surface area contributed by atoms with Crippen LogP contribution in [-0.4, -0.2) is 65.7 Å². The highest BCUT2D eigenvalue weighted by Gasteiger charge is 2.40. The van der Waals surface area contributed by atoms with E-state index in [1.54, 1.807) is 6.07 Å². The number of hydrogen-bond donors (Lipinski definition) is 1. The molecule has 2 aromatic heterocycles. The highest BCUT2D eigenvalue weighted by atomic mass is 32.1. The smallest absolute Gasteiger partial charge is 0.355 e. The summed E-state index contributed by atoms with van der Waals surface area (Å²) in [5, 5.41) is 3.99. The summed E-state index contributed by atoms with van der Waals surface area (Å²) in [6.45, 7) is 4.02. The standard InChI is InChI=1S/C20H24F3N5OS/c21-20(22,23)7-14-6-15-17(25-11-26-18(15)30-14)28-8-12-3-5-27(9-13(12)10-28)19(29)16-2-1-4-24-16/h6,11-13,16,24H,1-5,7-10H2/t12-,13+,16?/m0/s1. The Kier molecular flexibility index (Phi) is 5.09. The molecule has 3 aliphatic heterocycles. The number of aromatic nitrogens is 2. The van der Waals surface area contributed by atoms with Crippen LogP contribution in [0.2, 0.25) is 0 Å². The number of rotatable bonds is 3. The first-order valence-corrected chi connectivity index (χ1v) is 11.3. The van der Waals surface area contributed by atoms with Gasteiger partial charge in [-0.05, 0) is 43.7 Å². The molecule has 0 saturated carbocycles. The number of carbonyl (C=O) groups excluding carboxylic acids is 1. The largest absolute Gasteiger partial charge is 0.393 e. The summed E-state index contributed by atoms with van der Waals surface area (Å²) in [5.74, 6) is 1.77. The summed E-state index contributed by atoms with van der Waals surface area (Å²) in [6, 6.07) is 1.55. The molecule has 3 saturated heterocycles. The number of nitrogens with one attached hydrogen (secondary N) is 1. The molecule has 5 rings (SSSR count). The van der Waals surface area contributed by atoms with E-state index in [1.807, 2.05) is 4.90 Å². The van der Waals surface area contributed by atoms with E-state index in [2.05, 4.69) is 20.2 Å². The lowest BCUT2D eigenvalue weighted by molar-refractivity contribution is -0.135. The minimum Gasteiger partial charge on any atom is -0.355 e. The van der Waals surface area contributed by atoms with Gasteiger partial charge in [-0.1, -0.05) is 0 Å². The van der Waals surface area contributed by atoms with Crippen molar-refractivity contribution in [3.05, 3.63) is 17.3 Å². The molecule has 1 N–H and O–H groups in total. The molecule has 5 heterocycles. The fourth-order valence-electron chi connectivity index (χ4n) is 5.09. The molecule has 30 heavy (non-hydrogen) atoms. The number of piperidine rings is 1. The van der Waals surface area contributed by atoms with Crippen molar-refractivity contribution in [3.8, 4) is 0 Å². The van der Waals surface area contributed by atoms with E-state index in [-0.39, 0.29) is 16.8 Å². The topological polar surface area (TPSA) is 61.4 Å². The van der Waals surface area contributed by atoms with E-state index in [0.717, 1.165) is 69.1 Å². The van der Waals surface area contributed by atoms with Gasteiger partial charge in [0.1, 0.15) is 17.0 Å². The van der Waals surface area contributed by atoms with Crippen molar-refractivity contribution in [1.29, 1.82) is 0 Å². The summed E-state index contributed by atoms with van der Waals surface area (Å²) < 4.78 is 38.4. The van der Waals surface area contributed by atoms with Crippen molar-refractivity contribution in [1.82, 2.24) is 20.2 Å². The summed E-state index contributed by atoms with van der Waals surface area (Å²) in [6.07, 6.45) is -0.824. The van der Waals surface area contributed by atoms with Gasteiger partial charge >= 0.3 is 6.18 Å². The summed E-state index contributed by atoms with van der Waals surface area (Å²) in [4.78, 5) is 26.4. The second kappa shape index (κ2) is 7.64. The molecule has 0 aromatic carbocycles. The molecule has 10 heteroatoms. The third-order valence-electron chi connectivity index (χ3n) is 6.50. The average Bonchev–Trinajstić information content (AvgIpc) is 3.43. The lowest BCUT2D eigenvalue weighted by Gasteiger charge is -2.35. The Morgan fingerprint density at radius 2 is 2.03 bits per heavy atom. The summed E-state index contributed by atoms with van der Waals surface area (Å²) >= 11 is 1.08. The van der Waals surface area contributed by atoms with E-state index in [4.69, 9.17) is 0 Å². The van der Waals surface area contributed by atoms with Gasteiger partial charge in [0, 0.05) is 31.1 Å². The van der Waals surface area contributed by atoms with E-state index >= 15 is 0 Å². The second-order valence-electron chi connectivity index (χ2n) is 8.57. The Morgan fingerprint density at radius 3 is 2.80 bits per heavy atom. The zero-order chi connectivity index (χ0) is 20.9. The average molecular weight is 440 g/mol. The number of carbonyl (C=O) groups is 1. The Bertz CT molecular complexity index is 942. The summed E-state index contributed by atoms with van der Waals surface area (Å²) in [7, 11) is 0. The van der Waals surface area contributed by atoms with Crippen molar-refractivity contribution in [2.75, 3.05) is 37.6 Å². The molecule has 0 bridgehead atoms. The van der Waals surface area contributed by atoms with Crippen LogP contribution in [0.1, 0.15) is 24.1 Å². The maximum absolute atomic E-state index is 12.8. The minimum atomic E-state index is -4.23. The van der Waals surface area contributed by atoms with E-state index in [0.29, 0.717) is 22.1 Å². The van der Waals surface area contributed by atoms with Crippen LogP contribution in [-0.2, 0) is 11.2 Å². The van der Waals surface area contributed by atoms with Crippen LogP contribution in [0.4, 0.5) is 19.0 Å². The van der Waals surface area contributed by atoms with Crippen molar-refractivity contribution < 1.29 is 18.0 Å². The molecule has 1 amide bonds. The van der Waals surface area contributed by atoms with Gasteiger partial charge in [0.2, 0.25) is 5.91 Å². The molecule has 6 nitrogen and oxygen atoms in total. The van der Waals surface area contributed by atoms with Gasteiger partial charge in [0.15, 0.2) is 0 Å². The first-order valence-electron chi connectivity index (χ1n) is 10.4. The third-order valence-corrected chi connectivity index (χ3v) is 7.55. The van der Waals surface area contributed by atoms with Gasteiger partial charge in [-0.15, -0.1) is 11.3 Å². The van der Waals surface area contributed by atoms with Gasteiger partial charge < -0.3 is 15.1 Å². The van der Waals surface area contributed by atoms with Gasteiger partial charge in [0.05, 0.1) is 17.8 Å². The lowest BCUT2D eigenvalue weighted by Crippen LogP contribution is -2.49. The quantitative estimate of drug-likeness (QED) is 0.797. The Hall–Kier alpha value is -1.94. The van der Waals surface area contributed by atoms with Gasteiger partial charge in [0.25, 0.3) is 0 Å². The van der Waals surface area contributed by atoms with Gasteiger partial charge in [-0.3, -0.25) is 4.79 Å². The Labute approximate surface area is 176 Å². The minimum absolute atomic E-state index is 0.0431. The molecule has 162 valence electrons. The predicted octanol–water partition coefficient (Wildman–Crippen LogP) is 2.83. The number of fused-ring (bicyclic) bond motifs is 2. The number of likely N-dealkylation sites (tertiary alicyclic amines) is 1. The van der Waals surface area contributed by atoms with Crippen molar-refractivity contribution in [2.24, 2.45) is 11.8 Å². The number of nitrogens with zero attached hydrogens (tertiary/aromatic N) is 4. The Morgan fingerprint density at radius 1 is 1.20 bits per heavy atom. The number of hydrogen-bond acceptors (Lipinski definition) is 6. The van der Waals surface area contributed by atoms with Crippen molar-refractivity contribution in [2.45, 2.75) is 37.9 Å². The molecular formula is C20H24F3N5OS. The number of amides is 1. The van der Waals surface area contributed by atoms with Gasteiger partial charge in [-0.2, -0.15) is 13.2 Å². The SMILES string of the molecule is O=C(C1CCCN1)N1CC[C@H]2CN(c3ncnc4sc(CC(F)(F)F)cc34)C[C@H]2C1. The van der Waals surface area contributed by atoms with Crippen molar-refractivity contribution in [3.63, 3.8) is 0 Å².